The normalized spacial score (nSPS) is 24.1. The van der Waals surface area contributed by atoms with Crippen molar-refractivity contribution in [2.45, 2.75) is 39.5 Å². The Kier molecular flexibility index (Phi) is 4.06. The zero-order valence-corrected chi connectivity index (χ0v) is 11.1. The van der Waals surface area contributed by atoms with Crippen molar-refractivity contribution in [3.8, 4) is 0 Å². The van der Waals surface area contributed by atoms with Crippen molar-refractivity contribution in [3.63, 3.8) is 0 Å². The van der Waals surface area contributed by atoms with E-state index in [1.54, 1.807) is 0 Å². The summed E-state index contributed by atoms with van der Waals surface area (Å²) in [6.07, 6.45) is 4.60. The summed E-state index contributed by atoms with van der Waals surface area (Å²) in [5.41, 5.74) is 1.32. The molecule has 2 nitrogen and oxygen atoms in total. The van der Waals surface area contributed by atoms with Crippen LogP contribution in [-0.2, 0) is 0 Å². The maximum absolute atomic E-state index is 5.85. The molecule has 0 aliphatic heterocycles. The molecule has 2 heteroatoms. The van der Waals surface area contributed by atoms with Crippen LogP contribution >= 0.6 is 0 Å². The fourth-order valence-electron chi connectivity index (χ4n) is 2.12. The standard InChI is InChI=1S/C15H23NO/c1-4-7-16-10-11(2)8-13-5-6-15(17-13)14-9-12(14)3/h5-6,8,12,14,16H,4,7,9-10H2,1-3H3. The summed E-state index contributed by atoms with van der Waals surface area (Å²) in [4.78, 5) is 0. The van der Waals surface area contributed by atoms with Gasteiger partial charge < -0.3 is 9.73 Å². The fourth-order valence-corrected chi connectivity index (χ4v) is 2.12. The van der Waals surface area contributed by atoms with E-state index >= 15 is 0 Å². The smallest absolute Gasteiger partial charge is 0.127 e. The van der Waals surface area contributed by atoms with Crippen molar-refractivity contribution in [2.75, 3.05) is 13.1 Å². The highest BCUT2D eigenvalue weighted by Gasteiger charge is 2.36. The van der Waals surface area contributed by atoms with E-state index in [4.69, 9.17) is 4.42 Å². The number of hydrogen-bond acceptors (Lipinski definition) is 2. The van der Waals surface area contributed by atoms with Crippen molar-refractivity contribution in [3.05, 3.63) is 29.2 Å². The zero-order valence-electron chi connectivity index (χ0n) is 11.1. The Morgan fingerprint density at radius 2 is 2.29 bits per heavy atom. The molecule has 1 aliphatic rings. The molecule has 1 saturated carbocycles. The van der Waals surface area contributed by atoms with Crippen molar-refractivity contribution in [1.82, 2.24) is 5.32 Å². The van der Waals surface area contributed by atoms with Gasteiger partial charge in [-0.1, -0.05) is 19.4 Å². The average Bonchev–Trinajstić information content (AvgIpc) is 2.85. The van der Waals surface area contributed by atoms with Crippen molar-refractivity contribution >= 4 is 6.08 Å². The zero-order chi connectivity index (χ0) is 12.3. The molecule has 0 saturated heterocycles. The molecule has 1 aromatic rings. The van der Waals surface area contributed by atoms with Gasteiger partial charge in [-0.05, 0) is 50.4 Å². The third kappa shape index (κ3) is 3.47. The lowest BCUT2D eigenvalue weighted by Crippen LogP contribution is -2.16. The molecule has 0 aromatic carbocycles. The lowest BCUT2D eigenvalue weighted by molar-refractivity contribution is 0.497. The van der Waals surface area contributed by atoms with Gasteiger partial charge in [-0.2, -0.15) is 0 Å². The van der Waals surface area contributed by atoms with Crippen LogP contribution in [0.15, 0.2) is 22.1 Å². The lowest BCUT2D eigenvalue weighted by Gasteiger charge is -2.02. The van der Waals surface area contributed by atoms with Crippen LogP contribution in [0.1, 0.15) is 51.1 Å². The number of rotatable bonds is 6. The minimum absolute atomic E-state index is 0.677. The van der Waals surface area contributed by atoms with Crippen LogP contribution in [0.25, 0.3) is 6.08 Å². The number of hydrogen-bond donors (Lipinski definition) is 1. The second-order valence-electron chi connectivity index (χ2n) is 5.23. The van der Waals surface area contributed by atoms with Gasteiger partial charge in [-0.3, -0.25) is 0 Å². The van der Waals surface area contributed by atoms with Crippen LogP contribution in [0.2, 0.25) is 0 Å². The molecule has 2 rings (SSSR count). The molecule has 94 valence electrons. The second-order valence-corrected chi connectivity index (χ2v) is 5.23. The molecule has 1 aromatic heterocycles. The van der Waals surface area contributed by atoms with Crippen molar-refractivity contribution in [1.29, 1.82) is 0 Å². The van der Waals surface area contributed by atoms with Gasteiger partial charge >= 0.3 is 0 Å². The van der Waals surface area contributed by atoms with Gasteiger partial charge in [0.1, 0.15) is 11.5 Å². The Morgan fingerprint density at radius 3 is 2.94 bits per heavy atom. The van der Waals surface area contributed by atoms with Crippen LogP contribution in [-0.4, -0.2) is 13.1 Å². The van der Waals surface area contributed by atoms with E-state index in [0.29, 0.717) is 5.92 Å². The highest BCUT2D eigenvalue weighted by molar-refractivity contribution is 5.47. The second kappa shape index (κ2) is 5.54. The Hall–Kier alpha value is -1.02. The summed E-state index contributed by atoms with van der Waals surface area (Å²) in [7, 11) is 0. The highest BCUT2D eigenvalue weighted by Crippen LogP contribution is 2.47. The summed E-state index contributed by atoms with van der Waals surface area (Å²) in [5, 5.41) is 3.39. The molecule has 0 amide bonds. The maximum atomic E-state index is 5.85. The summed E-state index contributed by atoms with van der Waals surface area (Å²) < 4.78 is 5.85. The van der Waals surface area contributed by atoms with Gasteiger partial charge in [0.05, 0.1) is 0 Å². The molecule has 1 fully saturated rings. The van der Waals surface area contributed by atoms with Crippen LogP contribution < -0.4 is 5.32 Å². The quantitative estimate of drug-likeness (QED) is 0.756. The monoisotopic (exact) mass is 233 g/mol. The summed E-state index contributed by atoms with van der Waals surface area (Å²) >= 11 is 0. The van der Waals surface area contributed by atoms with Gasteiger partial charge in [0.15, 0.2) is 0 Å². The van der Waals surface area contributed by atoms with Crippen molar-refractivity contribution < 1.29 is 4.42 Å². The first-order valence-corrected chi connectivity index (χ1v) is 6.68. The summed E-state index contributed by atoms with van der Waals surface area (Å²) in [6, 6.07) is 4.22. The van der Waals surface area contributed by atoms with E-state index in [9.17, 15) is 0 Å². The third-order valence-electron chi connectivity index (χ3n) is 3.34. The first kappa shape index (κ1) is 12.4. The first-order valence-electron chi connectivity index (χ1n) is 6.68. The highest BCUT2D eigenvalue weighted by atomic mass is 16.3. The number of nitrogens with one attached hydrogen (secondary N) is 1. The minimum atomic E-state index is 0.677. The van der Waals surface area contributed by atoms with Gasteiger partial charge in [0.25, 0.3) is 0 Å². The number of furan rings is 1. The molecular formula is C15H23NO. The molecule has 0 bridgehead atoms. The van der Waals surface area contributed by atoms with Crippen molar-refractivity contribution in [2.24, 2.45) is 5.92 Å². The average molecular weight is 233 g/mol. The Morgan fingerprint density at radius 1 is 1.53 bits per heavy atom. The predicted octanol–water partition coefficient (Wildman–Crippen LogP) is 3.81. The molecule has 17 heavy (non-hydrogen) atoms. The summed E-state index contributed by atoms with van der Waals surface area (Å²) in [5.74, 6) is 3.65. The van der Waals surface area contributed by atoms with Crippen LogP contribution in [0, 0.1) is 5.92 Å². The minimum Gasteiger partial charge on any atom is -0.461 e. The third-order valence-corrected chi connectivity index (χ3v) is 3.34. The van der Waals surface area contributed by atoms with Gasteiger partial charge in [-0.25, -0.2) is 0 Å². The van der Waals surface area contributed by atoms with E-state index in [1.165, 1.54) is 18.4 Å². The van der Waals surface area contributed by atoms with E-state index in [-0.39, 0.29) is 0 Å². The molecular weight excluding hydrogens is 210 g/mol. The van der Waals surface area contributed by atoms with E-state index in [0.717, 1.165) is 30.5 Å². The van der Waals surface area contributed by atoms with Crippen LogP contribution in [0.5, 0.6) is 0 Å². The molecule has 1 N–H and O–H groups in total. The van der Waals surface area contributed by atoms with Gasteiger partial charge in [0, 0.05) is 12.5 Å². The Labute approximate surface area is 104 Å². The molecule has 1 heterocycles. The SMILES string of the molecule is CCCNCC(C)=Cc1ccc(C2CC2C)o1. The van der Waals surface area contributed by atoms with Crippen LogP contribution in [0.3, 0.4) is 0 Å². The van der Waals surface area contributed by atoms with Crippen LogP contribution in [0.4, 0.5) is 0 Å². The Bertz CT molecular complexity index is 391. The van der Waals surface area contributed by atoms with E-state index < -0.39 is 0 Å². The van der Waals surface area contributed by atoms with E-state index in [2.05, 4.69) is 44.3 Å². The molecule has 2 atom stereocenters. The molecule has 1 aliphatic carbocycles. The van der Waals surface area contributed by atoms with Gasteiger partial charge in [0.2, 0.25) is 0 Å². The Balaban J connectivity index is 1.88. The molecule has 0 radical (unpaired) electrons. The van der Waals surface area contributed by atoms with Gasteiger partial charge in [-0.15, -0.1) is 0 Å². The van der Waals surface area contributed by atoms with E-state index in [1.807, 2.05) is 0 Å². The lowest BCUT2D eigenvalue weighted by atomic mass is 10.2. The molecule has 0 spiro atoms. The largest absolute Gasteiger partial charge is 0.461 e. The first-order chi connectivity index (χ1) is 8.20. The topological polar surface area (TPSA) is 25.2 Å². The maximum Gasteiger partial charge on any atom is 0.127 e. The molecule has 2 unspecified atom stereocenters. The predicted molar refractivity (Wildman–Crippen MR) is 72.0 cm³/mol. The fraction of sp³-hybridized carbons (Fsp3) is 0.600. The summed E-state index contributed by atoms with van der Waals surface area (Å²) in [6.45, 7) is 8.63.